The number of nitrogens with two attached hydrogens (primary N) is 1. The maximum absolute atomic E-state index is 13.8. The van der Waals surface area contributed by atoms with E-state index < -0.39 is 36.0 Å². The van der Waals surface area contributed by atoms with Gasteiger partial charge in [-0.2, -0.15) is 0 Å². The van der Waals surface area contributed by atoms with Gasteiger partial charge >= 0.3 is 5.97 Å². The number of carboxylic acid groups (broad SMARTS) is 1. The number of carbonyl (C=O) groups is 2. The SMILES string of the molecule is NC(=O)C1CCCCc2c1c1c(OCC(=O)O)cccc1n2Cc1ccc(F)c(F)c1. The van der Waals surface area contributed by atoms with Crippen molar-refractivity contribution in [3.05, 3.63) is 64.9 Å². The Morgan fingerprint density at radius 1 is 1.16 bits per heavy atom. The van der Waals surface area contributed by atoms with Gasteiger partial charge in [-0.25, -0.2) is 13.6 Å². The number of aromatic nitrogens is 1. The van der Waals surface area contributed by atoms with Gasteiger partial charge in [0.2, 0.25) is 5.91 Å². The standard InChI is InChI=1S/C23H22F2N2O4/c24-15-9-8-13(10-16(15)25)11-27-17-5-2-1-4-14(23(26)30)21(17)22-18(27)6-3-7-19(22)31-12-20(28)29/h3,6-10,14H,1-2,4-5,11-12H2,(H2,26,30)(H,28,29). The molecule has 6 nitrogen and oxygen atoms in total. The third kappa shape index (κ3) is 3.97. The number of hydrogen-bond donors (Lipinski definition) is 2. The van der Waals surface area contributed by atoms with Crippen LogP contribution in [0.4, 0.5) is 8.78 Å². The second-order valence-corrected chi connectivity index (χ2v) is 7.73. The predicted molar refractivity (Wildman–Crippen MR) is 110 cm³/mol. The summed E-state index contributed by atoms with van der Waals surface area (Å²) in [6, 6.07) is 9.00. The summed E-state index contributed by atoms with van der Waals surface area (Å²) in [5, 5.41) is 9.69. The van der Waals surface area contributed by atoms with Crippen molar-refractivity contribution < 1.29 is 28.2 Å². The minimum Gasteiger partial charge on any atom is -0.481 e. The summed E-state index contributed by atoms with van der Waals surface area (Å²) in [6.07, 6.45) is 2.92. The molecular formula is C23H22F2N2O4. The minimum atomic E-state index is -1.12. The number of carboxylic acids is 1. The summed E-state index contributed by atoms with van der Waals surface area (Å²) in [5.41, 5.74) is 8.65. The highest BCUT2D eigenvalue weighted by atomic mass is 19.2. The Morgan fingerprint density at radius 3 is 2.68 bits per heavy atom. The number of rotatable bonds is 6. The number of amides is 1. The fraction of sp³-hybridized carbons (Fsp3) is 0.304. The smallest absolute Gasteiger partial charge is 0.341 e. The number of nitrogens with zero attached hydrogens (tertiary/aromatic N) is 1. The molecule has 1 aliphatic rings. The Bertz CT molecular complexity index is 1170. The third-order valence-electron chi connectivity index (χ3n) is 5.73. The topological polar surface area (TPSA) is 94.6 Å². The average molecular weight is 428 g/mol. The van der Waals surface area contributed by atoms with Crippen molar-refractivity contribution in [1.82, 2.24) is 4.57 Å². The highest BCUT2D eigenvalue weighted by Crippen LogP contribution is 2.42. The molecule has 0 spiro atoms. The molecule has 3 N–H and O–H groups in total. The van der Waals surface area contributed by atoms with E-state index in [4.69, 9.17) is 15.6 Å². The maximum Gasteiger partial charge on any atom is 0.341 e. The van der Waals surface area contributed by atoms with E-state index in [1.54, 1.807) is 12.1 Å². The molecular weight excluding hydrogens is 406 g/mol. The first-order valence-corrected chi connectivity index (χ1v) is 10.1. The minimum absolute atomic E-state index is 0.261. The summed E-state index contributed by atoms with van der Waals surface area (Å²) in [6.45, 7) is -0.264. The number of halogens is 2. The molecule has 0 radical (unpaired) electrons. The molecule has 1 amide bonds. The first-order chi connectivity index (χ1) is 14.9. The van der Waals surface area contributed by atoms with Crippen molar-refractivity contribution >= 4 is 22.8 Å². The molecule has 3 aromatic rings. The van der Waals surface area contributed by atoms with Crippen LogP contribution in [0.1, 0.15) is 42.0 Å². The van der Waals surface area contributed by atoms with Gasteiger partial charge in [-0.1, -0.05) is 18.6 Å². The number of benzene rings is 2. The number of carbonyl (C=O) groups excluding carboxylic acids is 1. The lowest BCUT2D eigenvalue weighted by molar-refractivity contribution is -0.139. The molecule has 2 aromatic carbocycles. The van der Waals surface area contributed by atoms with Crippen LogP contribution >= 0.6 is 0 Å². The first kappa shape index (κ1) is 20.8. The Kier molecular flexibility index (Phi) is 5.63. The van der Waals surface area contributed by atoms with Gasteiger partial charge in [-0.15, -0.1) is 0 Å². The monoisotopic (exact) mass is 428 g/mol. The Labute approximate surface area is 177 Å². The van der Waals surface area contributed by atoms with Crippen LogP contribution in [-0.4, -0.2) is 28.2 Å². The molecule has 8 heteroatoms. The summed E-state index contributed by atoms with van der Waals surface area (Å²) < 4.78 is 34.7. The summed E-state index contributed by atoms with van der Waals surface area (Å²) in [7, 11) is 0. The zero-order valence-electron chi connectivity index (χ0n) is 16.7. The molecule has 31 heavy (non-hydrogen) atoms. The van der Waals surface area contributed by atoms with E-state index >= 15 is 0 Å². The van der Waals surface area contributed by atoms with Gasteiger partial charge < -0.3 is 20.1 Å². The molecule has 0 bridgehead atoms. The molecule has 0 aliphatic heterocycles. The maximum atomic E-state index is 13.8. The van der Waals surface area contributed by atoms with Gasteiger partial charge in [0.25, 0.3) is 0 Å². The number of primary amides is 1. The molecule has 1 aromatic heterocycles. The van der Waals surface area contributed by atoms with E-state index in [0.717, 1.165) is 41.7 Å². The lowest BCUT2D eigenvalue weighted by Crippen LogP contribution is -2.21. The van der Waals surface area contributed by atoms with Crippen LogP contribution in [0.5, 0.6) is 5.75 Å². The van der Waals surface area contributed by atoms with Crippen LogP contribution in [0.2, 0.25) is 0 Å². The fourth-order valence-electron chi connectivity index (χ4n) is 4.43. The zero-order chi connectivity index (χ0) is 22.1. The second kappa shape index (κ2) is 8.37. The van der Waals surface area contributed by atoms with E-state index in [1.165, 1.54) is 6.07 Å². The van der Waals surface area contributed by atoms with Crippen molar-refractivity contribution in [3.63, 3.8) is 0 Å². The van der Waals surface area contributed by atoms with E-state index in [1.807, 2.05) is 10.6 Å². The molecule has 1 aliphatic carbocycles. The van der Waals surface area contributed by atoms with E-state index in [9.17, 15) is 18.4 Å². The molecule has 162 valence electrons. The van der Waals surface area contributed by atoms with Gasteiger partial charge in [0.15, 0.2) is 18.2 Å². The summed E-state index contributed by atoms with van der Waals surface area (Å²) in [4.78, 5) is 23.4. The Morgan fingerprint density at radius 2 is 1.97 bits per heavy atom. The average Bonchev–Trinajstić information content (AvgIpc) is 2.88. The molecule has 0 saturated carbocycles. The van der Waals surface area contributed by atoms with Gasteiger partial charge in [0.05, 0.1) is 11.4 Å². The van der Waals surface area contributed by atoms with Gasteiger partial charge in [0, 0.05) is 17.6 Å². The van der Waals surface area contributed by atoms with Crippen LogP contribution in [0, 0.1) is 11.6 Å². The number of ether oxygens (including phenoxy) is 1. The molecule has 1 unspecified atom stereocenters. The third-order valence-corrected chi connectivity index (χ3v) is 5.73. The van der Waals surface area contributed by atoms with E-state index in [-0.39, 0.29) is 6.54 Å². The van der Waals surface area contributed by atoms with E-state index in [0.29, 0.717) is 29.5 Å². The van der Waals surface area contributed by atoms with Gasteiger partial charge in [-0.3, -0.25) is 4.79 Å². The highest BCUT2D eigenvalue weighted by Gasteiger charge is 2.31. The lowest BCUT2D eigenvalue weighted by atomic mass is 9.92. The Balaban J connectivity index is 1.94. The number of hydrogen-bond acceptors (Lipinski definition) is 3. The first-order valence-electron chi connectivity index (χ1n) is 10.1. The van der Waals surface area contributed by atoms with Crippen molar-refractivity contribution in [2.75, 3.05) is 6.61 Å². The van der Waals surface area contributed by atoms with Crippen LogP contribution in [-0.2, 0) is 22.6 Å². The van der Waals surface area contributed by atoms with E-state index in [2.05, 4.69) is 0 Å². The van der Waals surface area contributed by atoms with Crippen molar-refractivity contribution in [2.24, 2.45) is 5.73 Å². The normalized spacial score (nSPS) is 16.0. The van der Waals surface area contributed by atoms with Gasteiger partial charge in [-0.05, 0) is 54.7 Å². The quantitative estimate of drug-likeness (QED) is 0.585. The van der Waals surface area contributed by atoms with Crippen molar-refractivity contribution in [3.8, 4) is 5.75 Å². The van der Waals surface area contributed by atoms with Gasteiger partial charge in [0.1, 0.15) is 5.75 Å². The number of fused-ring (bicyclic) bond motifs is 3. The van der Waals surface area contributed by atoms with Crippen LogP contribution in [0.25, 0.3) is 10.9 Å². The van der Waals surface area contributed by atoms with Crippen LogP contribution < -0.4 is 10.5 Å². The molecule has 1 atom stereocenters. The Hall–Kier alpha value is -3.42. The second-order valence-electron chi connectivity index (χ2n) is 7.73. The van der Waals surface area contributed by atoms with Crippen molar-refractivity contribution in [2.45, 2.75) is 38.1 Å². The molecule has 4 rings (SSSR count). The highest BCUT2D eigenvalue weighted by molar-refractivity contribution is 5.97. The lowest BCUT2D eigenvalue weighted by Gasteiger charge is -2.14. The summed E-state index contributed by atoms with van der Waals surface area (Å²) in [5.74, 6) is -3.61. The molecule has 0 fully saturated rings. The zero-order valence-corrected chi connectivity index (χ0v) is 16.7. The molecule has 0 saturated heterocycles. The van der Waals surface area contributed by atoms with Crippen LogP contribution in [0.15, 0.2) is 36.4 Å². The molecule has 1 heterocycles. The fourth-order valence-corrected chi connectivity index (χ4v) is 4.43. The largest absolute Gasteiger partial charge is 0.481 e. The van der Waals surface area contributed by atoms with Crippen LogP contribution in [0.3, 0.4) is 0 Å². The van der Waals surface area contributed by atoms with Crippen molar-refractivity contribution in [1.29, 1.82) is 0 Å². The summed E-state index contributed by atoms with van der Waals surface area (Å²) >= 11 is 0. The number of aliphatic carboxylic acids is 1. The predicted octanol–water partition coefficient (Wildman–Crippen LogP) is 3.73.